The largest absolute Gasteiger partial charge is 0.401 e. The summed E-state index contributed by atoms with van der Waals surface area (Å²) >= 11 is 0. The minimum absolute atomic E-state index is 0.235. The fourth-order valence-electron chi connectivity index (χ4n) is 2.28. The number of halogens is 3. The molecule has 0 aromatic heterocycles. The molecule has 0 heterocycles. The number of hydrogen-bond donors (Lipinski definition) is 1. The highest BCUT2D eigenvalue weighted by molar-refractivity contribution is 4.93. The highest BCUT2D eigenvalue weighted by Gasteiger charge is 2.43. The maximum Gasteiger partial charge on any atom is 0.401 e. The van der Waals surface area contributed by atoms with Crippen LogP contribution < -0.4 is 5.32 Å². The molecule has 0 aromatic rings. The fourth-order valence-corrected chi connectivity index (χ4v) is 2.28. The van der Waals surface area contributed by atoms with Crippen molar-refractivity contribution in [3.8, 4) is 0 Å². The molecule has 0 amide bonds. The first kappa shape index (κ1) is 17.8. The molecule has 110 valence electrons. The molecule has 0 aromatic carbocycles. The lowest BCUT2D eigenvalue weighted by molar-refractivity contribution is -0.126. The lowest BCUT2D eigenvalue weighted by Gasteiger charge is -2.50. The quantitative estimate of drug-likeness (QED) is 0.783. The summed E-state index contributed by atoms with van der Waals surface area (Å²) in [7, 11) is 0. The van der Waals surface area contributed by atoms with Gasteiger partial charge >= 0.3 is 6.18 Å². The molecule has 0 aliphatic heterocycles. The van der Waals surface area contributed by atoms with Gasteiger partial charge in [-0.2, -0.15) is 13.2 Å². The Morgan fingerprint density at radius 2 is 1.83 bits per heavy atom. The summed E-state index contributed by atoms with van der Waals surface area (Å²) in [5, 5.41) is 2.49. The maximum atomic E-state index is 11.9. The van der Waals surface area contributed by atoms with Crippen molar-refractivity contribution in [3.63, 3.8) is 0 Å². The molecule has 1 aliphatic rings. The Morgan fingerprint density at radius 1 is 1.33 bits per heavy atom. The van der Waals surface area contributed by atoms with E-state index in [1.54, 1.807) is 0 Å². The van der Waals surface area contributed by atoms with Gasteiger partial charge in [0.05, 0.1) is 6.54 Å². The Hall–Kier alpha value is -0.250. The van der Waals surface area contributed by atoms with Gasteiger partial charge in [-0.15, -0.1) is 0 Å². The van der Waals surface area contributed by atoms with Crippen LogP contribution in [0.5, 0.6) is 0 Å². The second-order valence-electron chi connectivity index (χ2n) is 5.80. The zero-order valence-corrected chi connectivity index (χ0v) is 12.3. The highest BCUT2D eigenvalue weighted by Crippen LogP contribution is 2.51. The standard InChI is InChI=1S/C11H20F3N.C3H8/c1-8-4-5-10(8,3)9(2)6-15-7-11(12,13)14;1-3-2/h8-9,15H,4-7H2,1-3H3;3H2,1-2H3. The summed E-state index contributed by atoms with van der Waals surface area (Å²) in [6.07, 6.45) is -0.491. The van der Waals surface area contributed by atoms with Crippen molar-refractivity contribution in [2.24, 2.45) is 17.3 Å². The third-order valence-corrected chi connectivity index (χ3v) is 4.14. The van der Waals surface area contributed by atoms with Crippen molar-refractivity contribution >= 4 is 0 Å². The third-order valence-electron chi connectivity index (χ3n) is 4.14. The maximum absolute atomic E-state index is 11.9. The summed E-state index contributed by atoms with van der Waals surface area (Å²) in [5.74, 6) is 0.948. The van der Waals surface area contributed by atoms with Gasteiger partial charge in [-0.3, -0.25) is 0 Å². The monoisotopic (exact) mass is 267 g/mol. The number of hydrogen-bond acceptors (Lipinski definition) is 1. The molecular weight excluding hydrogens is 239 g/mol. The molecule has 1 fully saturated rings. The van der Waals surface area contributed by atoms with Crippen LogP contribution in [0.2, 0.25) is 0 Å². The van der Waals surface area contributed by atoms with Gasteiger partial charge < -0.3 is 5.32 Å². The molecule has 0 saturated heterocycles. The summed E-state index contributed by atoms with van der Waals surface area (Å²) in [6.45, 7) is 10.2. The Bertz CT molecular complexity index is 228. The molecule has 4 heteroatoms. The second-order valence-corrected chi connectivity index (χ2v) is 5.80. The summed E-state index contributed by atoms with van der Waals surface area (Å²) in [6, 6.07) is 0. The summed E-state index contributed by atoms with van der Waals surface area (Å²) < 4.78 is 35.7. The van der Waals surface area contributed by atoms with Crippen LogP contribution in [0.1, 0.15) is 53.9 Å². The van der Waals surface area contributed by atoms with Crippen LogP contribution in [0.4, 0.5) is 13.2 Å². The van der Waals surface area contributed by atoms with Crippen LogP contribution in [-0.4, -0.2) is 19.3 Å². The zero-order valence-electron chi connectivity index (χ0n) is 12.3. The Labute approximate surface area is 110 Å². The van der Waals surface area contributed by atoms with Crippen LogP contribution in [-0.2, 0) is 0 Å². The van der Waals surface area contributed by atoms with Crippen LogP contribution in [0.25, 0.3) is 0 Å². The van der Waals surface area contributed by atoms with Crippen molar-refractivity contribution in [1.29, 1.82) is 0 Å². The Kier molecular flexibility index (Phi) is 7.26. The van der Waals surface area contributed by atoms with E-state index in [4.69, 9.17) is 0 Å². The van der Waals surface area contributed by atoms with Crippen LogP contribution in [0.3, 0.4) is 0 Å². The molecule has 0 radical (unpaired) electrons. The minimum atomic E-state index is -4.09. The first-order valence-electron chi connectivity index (χ1n) is 6.94. The van der Waals surface area contributed by atoms with Gasteiger partial charge in [0.25, 0.3) is 0 Å². The van der Waals surface area contributed by atoms with Crippen LogP contribution >= 0.6 is 0 Å². The Balaban J connectivity index is 0.000000873. The number of nitrogens with one attached hydrogen (secondary N) is 1. The van der Waals surface area contributed by atoms with Crippen LogP contribution in [0.15, 0.2) is 0 Å². The Morgan fingerprint density at radius 3 is 2.11 bits per heavy atom. The predicted molar refractivity (Wildman–Crippen MR) is 70.6 cm³/mol. The number of alkyl halides is 3. The van der Waals surface area contributed by atoms with E-state index >= 15 is 0 Å². The lowest BCUT2D eigenvalue weighted by atomic mass is 9.56. The van der Waals surface area contributed by atoms with Crippen molar-refractivity contribution < 1.29 is 13.2 Å². The van der Waals surface area contributed by atoms with E-state index in [2.05, 4.69) is 33.0 Å². The van der Waals surface area contributed by atoms with Gasteiger partial charge in [0, 0.05) is 0 Å². The van der Waals surface area contributed by atoms with E-state index in [0.717, 1.165) is 6.42 Å². The SMILES string of the molecule is CC1CCC1(C)C(C)CNCC(F)(F)F.CCC. The van der Waals surface area contributed by atoms with Crippen LogP contribution in [0, 0.1) is 17.3 Å². The molecule has 0 spiro atoms. The van der Waals surface area contributed by atoms with Crippen molar-refractivity contribution in [1.82, 2.24) is 5.32 Å². The van der Waals surface area contributed by atoms with Crippen molar-refractivity contribution in [2.75, 3.05) is 13.1 Å². The zero-order chi connectivity index (χ0) is 14.4. The summed E-state index contributed by atoms with van der Waals surface area (Å²) in [4.78, 5) is 0. The molecular formula is C14H28F3N. The minimum Gasteiger partial charge on any atom is -0.308 e. The van der Waals surface area contributed by atoms with E-state index in [1.165, 1.54) is 12.8 Å². The van der Waals surface area contributed by atoms with Gasteiger partial charge in [0.2, 0.25) is 0 Å². The topological polar surface area (TPSA) is 12.0 Å². The summed E-state index contributed by atoms with van der Waals surface area (Å²) in [5.41, 5.74) is 0.235. The van der Waals surface area contributed by atoms with E-state index in [1.807, 2.05) is 6.92 Å². The second kappa shape index (κ2) is 7.37. The van der Waals surface area contributed by atoms with Gasteiger partial charge in [-0.1, -0.05) is 41.0 Å². The molecule has 18 heavy (non-hydrogen) atoms. The first-order valence-corrected chi connectivity index (χ1v) is 6.94. The van der Waals surface area contributed by atoms with Crippen molar-refractivity contribution in [2.45, 2.75) is 60.1 Å². The molecule has 0 bridgehead atoms. The van der Waals surface area contributed by atoms with E-state index in [-0.39, 0.29) is 5.41 Å². The van der Waals surface area contributed by atoms with E-state index in [0.29, 0.717) is 18.4 Å². The molecule has 1 aliphatic carbocycles. The average molecular weight is 267 g/mol. The molecule has 1 rings (SSSR count). The fraction of sp³-hybridized carbons (Fsp3) is 1.00. The van der Waals surface area contributed by atoms with Gasteiger partial charge in [0.15, 0.2) is 0 Å². The molecule has 1 saturated carbocycles. The van der Waals surface area contributed by atoms with Gasteiger partial charge in [-0.05, 0) is 36.6 Å². The number of rotatable bonds is 4. The first-order chi connectivity index (χ1) is 8.17. The van der Waals surface area contributed by atoms with Gasteiger partial charge in [0.1, 0.15) is 0 Å². The van der Waals surface area contributed by atoms with E-state index < -0.39 is 12.7 Å². The smallest absolute Gasteiger partial charge is 0.308 e. The lowest BCUT2D eigenvalue weighted by Crippen LogP contribution is -2.45. The average Bonchev–Trinajstić information content (AvgIpc) is 2.25. The third kappa shape index (κ3) is 5.59. The molecule has 3 atom stereocenters. The molecule has 1 nitrogen and oxygen atoms in total. The van der Waals surface area contributed by atoms with Gasteiger partial charge in [-0.25, -0.2) is 0 Å². The molecule has 3 unspecified atom stereocenters. The highest BCUT2D eigenvalue weighted by atomic mass is 19.4. The normalized spacial score (nSPS) is 29.0. The predicted octanol–water partition coefficient (Wildman–Crippen LogP) is 4.63. The van der Waals surface area contributed by atoms with Crippen molar-refractivity contribution in [3.05, 3.63) is 0 Å². The molecule has 1 N–H and O–H groups in total. The van der Waals surface area contributed by atoms with E-state index in [9.17, 15) is 13.2 Å².